The number of amides is 1. The summed E-state index contributed by atoms with van der Waals surface area (Å²) < 4.78 is 5.52. The number of hydrogen-bond donors (Lipinski definition) is 1. The van der Waals surface area contributed by atoms with Gasteiger partial charge < -0.3 is 19.9 Å². The Bertz CT molecular complexity index is 1170. The van der Waals surface area contributed by atoms with Crippen molar-refractivity contribution in [3.8, 4) is 11.1 Å². The fourth-order valence-corrected chi connectivity index (χ4v) is 4.77. The Morgan fingerprint density at radius 3 is 2.53 bits per heavy atom. The Labute approximate surface area is 200 Å². The summed E-state index contributed by atoms with van der Waals surface area (Å²) in [4.78, 5) is 31.1. The Morgan fingerprint density at radius 1 is 1.06 bits per heavy atom. The Balaban J connectivity index is 1.52. The van der Waals surface area contributed by atoms with E-state index in [0.29, 0.717) is 12.5 Å². The summed E-state index contributed by atoms with van der Waals surface area (Å²) in [6, 6.07) is 10.0. The van der Waals surface area contributed by atoms with Crippen molar-refractivity contribution in [2.45, 2.75) is 38.3 Å². The number of methoxy groups -OCH3 is 1. The van der Waals surface area contributed by atoms with E-state index < -0.39 is 0 Å². The predicted octanol–water partition coefficient (Wildman–Crippen LogP) is 4.40. The fourth-order valence-electron chi connectivity index (χ4n) is 4.77. The molecule has 1 fully saturated rings. The van der Waals surface area contributed by atoms with Crippen molar-refractivity contribution in [2.75, 3.05) is 36.3 Å². The van der Waals surface area contributed by atoms with Crippen molar-refractivity contribution in [2.24, 2.45) is 5.92 Å². The van der Waals surface area contributed by atoms with Crippen LogP contribution in [0.1, 0.15) is 31.2 Å². The highest BCUT2D eigenvalue weighted by atomic mass is 16.5. The monoisotopic (exact) mass is 458 g/mol. The number of nitrogens with one attached hydrogen (secondary N) is 1. The Morgan fingerprint density at radius 2 is 1.82 bits per heavy atom. The van der Waals surface area contributed by atoms with E-state index in [1.165, 1.54) is 0 Å². The highest BCUT2D eigenvalue weighted by molar-refractivity contribution is 6.00. The second-order valence-corrected chi connectivity index (χ2v) is 9.17. The molecule has 2 aromatic heterocycles. The molecule has 34 heavy (non-hydrogen) atoms. The van der Waals surface area contributed by atoms with Gasteiger partial charge in [-0.1, -0.05) is 12.1 Å². The van der Waals surface area contributed by atoms with E-state index in [0.717, 1.165) is 59.6 Å². The molecule has 1 aliphatic carbocycles. The van der Waals surface area contributed by atoms with Crippen LogP contribution in [0.25, 0.3) is 11.1 Å². The molecule has 0 unspecified atom stereocenters. The van der Waals surface area contributed by atoms with Crippen LogP contribution in [0.4, 0.5) is 23.1 Å². The number of aromatic nitrogens is 3. The third kappa shape index (κ3) is 4.33. The fraction of sp³-hybridized carbons (Fsp3) is 0.385. The number of nitrogens with zero attached hydrogens (tertiary/aromatic N) is 5. The standard InChI is InChI=1S/C26H30N6O2/c1-31(2)26-28-14-20(15-29-26)18-8-11-22-23(13-18)32(16-19-5-4-12-27-24(19)30-22)25(33)17-6-9-21(34-3)10-7-17/h4-5,8,11-15,17,21H,6-7,9-10,16H2,1-3H3,(H,27,30)/t17-,21-. The largest absolute Gasteiger partial charge is 0.381 e. The molecule has 2 aliphatic rings. The lowest BCUT2D eigenvalue weighted by atomic mass is 9.86. The first-order valence-corrected chi connectivity index (χ1v) is 11.7. The summed E-state index contributed by atoms with van der Waals surface area (Å²) in [7, 11) is 5.58. The third-order valence-corrected chi connectivity index (χ3v) is 6.76. The molecule has 8 heteroatoms. The van der Waals surface area contributed by atoms with E-state index in [2.05, 4.69) is 26.3 Å². The van der Waals surface area contributed by atoms with Gasteiger partial charge in [0.05, 0.1) is 24.0 Å². The number of carbonyl (C=O) groups excluding carboxylic acids is 1. The van der Waals surface area contributed by atoms with Gasteiger partial charge >= 0.3 is 0 Å². The van der Waals surface area contributed by atoms with Crippen LogP contribution in [0.15, 0.2) is 48.9 Å². The summed E-state index contributed by atoms with van der Waals surface area (Å²) in [5, 5.41) is 3.45. The molecule has 1 N–H and O–H groups in total. The van der Waals surface area contributed by atoms with E-state index in [1.54, 1.807) is 13.3 Å². The van der Waals surface area contributed by atoms with Crippen molar-refractivity contribution in [3.05, 3.63) is 54.5 Å². The van der Waals surface area contributed by atoms with Crippen molar-refractivity contribution in [3.63, 3.8) is 0 Å². The molecule has 176 valence electrons. The lowest BCUT2D eigenvalue weighted by molar-refractivity contribution is -0.124. The van der Waals surface area contributed by atoms with Crippen molar-refractivity contribution in [1.82, 2.24) is 15.0 Å². The van der Waals surface area contributed by atoms with Crippen LogP contribution in [-0.2, 0) is 16.1 Å². The molecule has 0 spiro atoms. The molecule has 1 aliphatic heterocycles. The molecule has 8 nitrogen and oxygen atoms in total. The van der Waals surface area contributed by atoms with Gasteiger partial charge in [0.2, 0.25) is 11.9 Å². The zero-order valence-electron chi connectivity index (χ0n) is 19.9. The first kappa shape index (κ1) is 22.3. The van der Waals surface area contributed by atoms with Crippen LogP contribution in [0, 0.1) is 5.92 Å². The summed E-state index contributed by atoms with van der Waals surface area (Å²) in [6.07, 6.45) is 9.19. The van der Waals surface area contributed by atoms with Gasteiger partial charge in [-0.25, -0.2) is 15.0 Å². The number of anilines is 4. The number of pyridine rings is 1. The normalized spacial score (nSPS) is 19.4. The second kappa shape index (κ2) is 9.38. The molecule has 0 radical (unpaired) electrons. The van der Waals surface area contributed by atoms with E-state index >= 15 is 0 Å². The molecule has 0 saturated heterocycles. The smallest absolute Gasteiger partial charge is 0.230 e. The number of ether oxygens (including phenoxy) is 1. The molecule has 1 amide bonds. The number of rotatable bonds is 4. The maximum absolute atomic E-state index is 13.8. The lowest BCUT2D eigenvalue weighted by Gasteiger charge is -2.32. The van der Waals surface area contributed by atoms with E-state index in [1.807, 2.05) is 60.6 Å². The van der Waals surface area contributed by atoms with Gasteiger partial charge in [-0.05, 0) is 49.4 Å². The van der Waals surface area contributed by atoms with Gasteiger partial charge in [0.1, 0.15) is 5.82 Å². The van der Waals surface area contributed by atoms with Crippen LogP contribution in [0.3, 0.4) is 0 Å². The van der Waals surface area contributed by atoms with Gasteiger partial charge in [0, 0.05) is 56.8 Å². The van der Waals surface area contributed by atoms with E-state index in [4.69, 9.17) is 4.74 Å². The summed E-state index contributed by atoms with van der Waals surface area (Å²) in [5.74, 6) is 1.59. The lowest BCUT2D eigenvalue weighted by Crippen LogP contribution is -2.38. The average Bonchev–Trinajstić information content (AvgIpc) is 3.04. The van der Waals surface area contributed by atoms with Crippen LogP contribution in [-0.4, -0.2) is 48.2 Å². The first-order valence-electron chi connectivity index (χ1n) is 11.7. The van der Waals surface area contributed by atoms with Crippen molar-refractivity contribution < 1.29 is 9.53 Å². The van der Waals surface area contributed by atoms with Crippen LogP contribution >= 0.6 is 0 Å². The van der Waals surface area contributed by atoms with Gasteiger partial charge in [-0.3, -0.25) is 4.79 Å². The van der Waals surface area contributed by atoms with E-state index in [-0.39, 0.29) is 17.9 Å². The molecule has 1 saturated carbocycles. The molecule has 1 aromatic carbocycles. The minimum absolute atomic E-state index is 0.0103. The zero-order chi connectivity index (χ0) is 23.7. The number of fused-ring (bicyclic) bond motifs is 2. The molecule has 0 bridgehead atoms. The molecule has 3 aromatic rings. The predicted molar refractivity (Wildman–Crippen MR) is 133 cm³/mol. The second-order valence-electron chi connectivity index (χ2n) is 9.17. The topological polar surface area (TPSA) is 83.5 Å². The molecule has 3 heterocycles. The van der Waals surface area contributed by atoms with Crippen LogP contribution < -0.4 is 15.1 Å². The summed E-state index contributed by atoms with van der Waals surface area (Å²) in [6.45, 7) is 0.478. The summed E-state index contributed by atoms with van der Waals surface area (Å²) in [5.41, 5.74) is 4.59. The van der Waals surface area contributed by atoms with E-state index in [9.17, 15) is 4.79 Å². The van der Waals surface area contributed by atoms with Crippen LogP contribution in [0.5, 0.6) is 0 Å². The minimum Gasteiger partial charge on any atom is -0.381 e. The number of carbonyl (C=O) groups is 1. The minimum atomic E-state index is -0.0103. The third-order valence-electron chi connectivity index (χ3n) is 6.76. The van der Waals surface area contributed by atoms with Gasteiger partial charge in [-0.15, -0.1) is 0 Å². The number of benzene rings is 1. The molecular weight excluding hydrogens is 428 g/mol. The molecule has 5 rings (SSSR count). The first-order chi connectivity index (χ1) is 16.5. The quantitative estimate of drug-likeness (QED) is 0.620. The van der Waals surface area contributed by atoms with Crippen molar-refractivity contribution in [1.29, 1.82) is 0 Å². The average molecular weight is 459 g/mol. The molecular formula is C26H30N6O2. The van der Waals surface area contributed by atoms with Gasteiger partial charge in [0.25, 0.3) is 0 Å². The van der Waals surface area contributed by atoms with Gasteiger partial charge in [-0.2, -0.15) is 0 Å². The zero-order valence-corrected chi connectivity index (χ0v) is 19.9. The maximum atomic E-state index is 13.8. The highest BCUT2D eigenvalue weighted by Gasteiger charge is 2.33. The highest BCUT2D eigenvalue weighted by Crippen LogP contribution is 2.39. The molecule has 0 atom stereocenters. The maximum Gasteiger partial charge on any atom is 0.230 e. The SMILES string of the molecule is CO[C@H]1CC[C@H](C(=O)N2Cc3cccnc3Nc3ccc(-c4cnc(N(C)C)nc4)cc32)CC1. The van der Waals surface area contributed by atoms with Crippen molar-refractivity contribution >= 4 is 29.0 Å². The Hall–Kier alpha value is -3.52. The van der Waals surface area contributed by atoms with Gasteiger partial charge in [0.15, 0.2) is 0 Å². The Kier molecular flexibility index (Phi) is 6.15. The summed E-state index contributed by atoms with van der Waals surface area (Å²) >= 11 is 0. The van der Waals surface area contributed by atoms with Crippen LogP contribution in [0.2, 0.25) is 0 Å². The number of hydrogen-bond acceptors (Lipinski definition) is 7.